The highest BCUT2D eigenvalue weighted by atomic mass is 31.2. The van der Waals surface area contributed by atoms with E-state index in [1.165, 1.54) is 180 Å². The van der Waals surface area contributed by atoms with Crippen molar-refractivity contribution in [2.45, 2.75) is 238 Å². The quantitative estimate of drug-likeness (QED) is 0.0271. The third-order valence-electron chi connectivity index (χ3n) is 10.2. The van der Waals surface area contributed by atoms with E-state index in [-0.39, 0.29) is 32.3 Å². The van der Waals surface area contributed by atoms with Crippen LogP contribution >= 0.6 is 7.82 Å². The Bertz CT molecular complexity index is 843. The van der Waals surface area contributed by atoms with E-state index < -0.39 is 13.9 Å². The van der Waals surface area contributed by atoms with E-state index in [9.17, 15) is 14.3 Å². The van der Waals surface area contributed by atoms with E-state index in [4.69, 9.17) is 24.3 Å². The number of allylic oxidation sites excluding steroid dienone is 2. The van der Waals surface area contributed by atoms with Crippen LogP contribution < -0.4 is 5.73 Å². The summed E-state index contributed by atoms with van der Waals surface area (Å²) >= 11 is 0. The number of phosphoric ester groups is 1. The molecule has 0 amide bonds. The van der Waals surface area contributed by atoms with Crippen LogP contribution in [0.15, 0.2) is 12.2 Å². The van der Waals surface area contributed by atoms with Gasteiger partial charge >= 0.3 is 13.8 Å². The Hall–Kier alpha value is -0.760. The van der Waals surface area contributed by atoms with Crippen LogP contribution in [0.5, 0.6) is 0 Å². The summed E-state index contributed by atoms with van der Waals surface area (Å²) in [5.74, 6) is -0.327. The van der Waals surface area contributed by atoms with Gasteiger partial charge in [-0.05, 0) is 38.5 Å². The third-order valence-corrected chi connectivity index (χ3v) is 11.2. The zero-order valence-corrected chi connectivity index (χ0v) is 36.6. The lowest BCUT2D eigenvalue weighted by atomic mass is 10.0. The monoisotopic (exact) mass is 788 g/mol. The number of rotatable bonds is 45. The Labute approximate surface area is 334 Å². The predicted molar refractivity (Wildman–Crippen MR) is 229 cm³/mol. The number of ether oxygens (including phenoxy) is 2. The Morgan fingerprint density at radius 2 is 0.926 bits per heavy atom. The summed E-state index contributed by atoms with van der Waals surface area (Å²) in [4.78, 5) is 22.5. The normalized spacial score (nSPS) is 13.5. The summed E-state index contributed by atoms with van der Waals surface area (Å²) in [5, 5.41) is 0. The summed E-state index contributed by atoms with van der Waals surface area (Å²) in [6, 6.07) is 0. The zero-order valence-electron chi connectivity index (χ0n) is 35.7. The minimum Gasteiger partial charge on any atom is -0.457 e. The molecular formula is C45H90NO7P. The zero-order chi connectivity index (χ0) is 39.5. The van der Waals surface area contributed by atoms with E-state index in [1.54, 1.807) is 0 Å². The Balaban J connectivity index is 3.95. The standard InChI is InChI=1S/C45H90NO7P/c1-3-5-7-9-11-13-15-17-19-20-21-22-23-24-26-28-30-32-34-36-38-45(47)53-44(43-52-54(48,49)51-41-39-46)42-50-40-37-35-33-31-29-27-25-18-16-14-12-10-8-6-4-2/h16,18,44H,3-15,17,19-43,46H2,1-2H3,(H,48,49)/b18-16-. The molecule has 0 heterocycles. The van der Waals surface area contributed by atoms with Crippen LogP contribution in [-0.2, 0) is 27.9 Å². The van der Waals surface area contributed by atoms with Crippen molar-refractivity contribution >= 4 is 13.8 Å². The van der Waals surface area contributed by atoms with Crippen molar-refractivity contribution in [1.82, 2.24) is 0 Å². The average Bonchev–Trinajstić information content (AvgIpc) is 3.16. The van der Waals surface area contributed by atoms with E-state index in [0.717, 1.165) is 32.1 Å². The SMILES string of the molecule is CCCCCCC/C=C\CCCCCCCCOCC(COP(=O)(O)OCCN)OC(=O)CCCCCCCCCCCCCCCCCCCCCC. The molecule has 0 fully saturated rings. The Kier molecular flexibility index (Phi) is 42.8. The van der Waals surface area contributed by atoms with Gasteiger partial charge in [0.2, 0.25) is 0 Å². The number of unbranched alkanes of at least 4 members (excludes halogenated alkanes) is 30. The molecule has 0 aliphatic heterocycles. The summed E-state index contributed by atoms with van der Waals surface area (Å²) in [7, 11) is -4.27. The van der Waals surface area contributed by atoms with Crippen LogP contribution in [-0.4, -0.2) is 49.9 Å². The van der Waals surface area contributed by atoms with Crippen molar-refractivity contribution in [2.24, 2.45) is 5.73 Å². The van der Waals surface area contributed by atoms with Crippen LogP contribution in [0.2, 0.25) is 0 Å². The second-order valence-electron chi connectivity index (χ2n) is 15.6. The van der Waals surface area contributed by atoms with Crippen LogP contribution in [0.3, 0.4) is 0 Å². The molecule has 0 bridgehead atoms. The van der Waals surface area contributed by atoms with Gasteiger partial charge in [0.05, 0.1) is 19.8 Å². The van der Waals surface area contributed by atoms with Crippen LogP contribution in [0.25, 0.3) is 0 Å². The second kappa shape index (κ2) is 43.4. The molecular weight excluding hydrogens is 697 g/mol. The maximum atomic E-state index is 12.6. The van der Waals surface area contributed by atoms with Gasteiger partial charge in [0, 0.05) is 19.6 Å². The molecule has 0 saturated carbocycles. The first-order valence-electron chi connectivity index (χ1n) is 23.2. The van der Waals surface area contributed by atoms with Gasteiger partial charge < -0.3 is 20.1 Å². The topological polar surface area (TPSA) is 117 Å². The highest BCUT2D eigenvalue weighted by Crippen LogP contribution is 2.43. The van der Waals surface area contributed by atoms with Gasteiger partial charge in [-0.2, -0.15) is 0 Å². The number of phosphoric acid groups is 1. The Morgan fingerprint density at radius 3 is 1.35 bits per heavy atom. The highest BCUT2D eigenvalue weighted by molar-refractivity contribution is 7.47. The summed E-state index contributed by atoms with van der Waals surface area (Å²) in [6.07, 6.45) is 46.6. The smallest absolute Gasteiger partial charge is 0.457 e. The molecule has 0 radical (unpaired) electrons. The number of esters is 1. The maximum Gasteiger partial charge on any atom is 0.472 e. The molecule has 9 heteroatoms. The highest BCUT2D eigenvalue weighted by Gasteiger charge is 2.25. The first-order valence-corrected chi connectivity index (χ1v) is 24.7. The molecule has 0 rings (SSSR count). The summed E-state index contributed by atoms with van der Waals surface area (Å²) in [6.45, 7) is 4.95. The fraction of sp³-hybridized carbons (Fsp3) is 0.933. The first kappa shape index (κ1) is 53.2. The molecule has 0 aliphatic carbocycles. The van der Waals surface area contributed by atoms with Gasteiger partial charge in [-0.1, -0.05) is 199 Å². The molecule has 2 unspecified atom stereocenters. The minimum absolute atomic E-state index is 0.0932. The number of nitrogens with two attached hydrogens (primary N) is 1. The van der Waals surface area contributed by atoms with Crippen molar-refractivity contribution in [3.05, 3.63) is 12.2 Å². The van der Waals surface area contributed by atoms with Crippen molar-refractivity contribution < 1.29 is 32.8 Å². The van der Waals surface area contributed by atoms with Crippen LogP contribution in [0.4, 0.5) is 0 Å². The average molecular weight is 788 g/mol. The fourth-order valence-corrected chi connectivity index (χ4v) is 7.52. The fourth-order valence-electron chi connectivity index (χ4n) is 6.76. The molecule has 0 aromatic heterocycles. The maximum absolute atomic E-state index is 12.6. The van der Waals surface area contributed by atoms with Crippen molar-refractivity contribution in [3.63, 3.8) is 0 Å². The molecule has 0 spiro atoms. The molecule has 0 aromatic carbocycles. The predicted octanol–water partition coefficient (Wildman–Crippen LogP) is 13.9. The van der Waals surface area contributed by atoms with Crippen molar-refractivity contribution in [2.75, 3.05) is 33.0 Å². The number of carbonyl (C=O) groups excluding carboxylic acids is 1. The summed E-state index contributed by atoms with van der Waals surface area (Å²) < 4.78 is 33.5. The molecule has 3 N–H and O–H groups in total. The van der Waals surface area contributed by atoms with Gasteiger partial charge in [0.25, 0.3) is 0 Å². The van der Waals surface area contributed by atoms with Gasteiger partial charge in [-0.25, -0.2) is 4.57 Å². The third kappa shape index (κ3) is 42.4. The molecule has 0 aliphatic rings. The number of hydrogen-bond acceptors (Lipinski definition) is 7. The van der Waals surface area contributed by atoms with Gasteiger partial charge in [-0.15, -0.1) is 0 Å². The molecule has 8 nitrogen and oxygen atoms in total. The lowest BCUT2D eigenvalue weighted by Gasteiger charge is -2.20. The van der Waals surface area contributed by atoms with E-state index in [1.807, 2.05) is 0 Å². The van der Waals surface area contributed by atoms with E-state index in [2.05, 4.69) is 26.0 Å². The molecule has 0 aromatic rings. The van der Waals surface area contributed by atoms with E-state index >= 15 is 0 Å². The van der Waals surface area contributed by atoms with E-state index in [0.29, 0.717) is 13.0 Å². The molecule has 0 saturated heterocycles. The minimum atomic E-state index is -4.27. The molecule has 54 heavy (non-hydrogen) atoms. The van der Waals surface area contributed by atoms with Crippen LogP contribution in [0, 0.1) is 0 Å². The van der Waals surface area contributed by atoms with Gasteiger partial charge in [-0.3, -0.25) is 13.8 Å². The van der Waals surface area contributed by atoms with Crippen LogP contribution in [0.1, 0.15) is 232 Å². The van der Waals surface area contributed by atoms with Gasteiger partial charge in [0.15, 0.2) is 0 Å². The Morgan fingerprint density at radius 1 is 0.537 bits per heavy atom. The lowest BCUT2D eigenvalue weighted by Crippen LogP contribution is -2.28. The largest absolute Gasteiger partial charge is 0.472 e. The second-order valence-corrected chi connectivity index (χ2v) is 17.1. The molecule has 2 atom stereocenters. The summed E-state index contributed by atoms with van der Waals surface area (Å²) in [5.41, 5.74) is 5.37. The van der Waals surface area contributed by atoms with Crippen molar-refractivity contribution in [1.29, 1.82) is 0 Å². The van der Waals surface area contributed by atoms with Gasteiger partial charge in [0.1, 0.15) is 6.10 Å². The molecule has 322 valence electrons. The van der Waals surface area contributed by atoms with Crippen molar-refractivity contribution in [3.8, 4) is 0 Å². The number of carbonyl (C=O) groups is 1. The first-order chi connectivity index (χ1) is 26.4. The number of hydrogen-bond donors (Lipinski definition) is 2. The lowest BCUT2D eigenvalue weighted by molar-refractivity contribution is -0.154.